The van der Waals surface area contributed by atoms with Crippen LogP contribution in [0.4, 0.5) is 10.5 Å². The number of rotatable bonds is 7. The Hall–Kier alpha value is -4.08. The number of benzene rings is 3. The normalized spacial score (nSPS) is 17.3. The summed E-state index contributed by atoms with van der Waals surface area (Å²) in [5.41, 5.74) is 11.1. The smallest absolute Gasteiger partial charge is 0.478 e. The van der Waals surface area contributed by atoms with E-state index in [9.17, 15) is 14.7 Å². The maximum absolute atomic E-state index is 12.9. The number of ether oxygens (including phenoxy) is 1. The molecule has 0 saturated carbocycles. The lowest BCUT2D eigenvalue weighted by Gasteiger charge is -2.32. The number of hydrogen-bond acceptors (Lipinski definition) is 6. The van der Waals surface area contributed by atoms with E-state index in [1.807, 2.05) is 52.0 Å². The molecule has 1 heterocycles. The van der Waals surface area contributed by atoms with E-state index in [1.54, 1.807) is 12.1 Å². The molecule has 8 nitrogen and oxygen atoms in total. The van der Waals surface area contributed by atoms with Gasteiger partial charge in [-0.3, -0.25) is 0 Å². The number of aromatic carboxylic acids is 1. The highest BCUT2D eigenvalue weighted by atomic mass is 16.7. The van der Waals surface area contributed by atoms with Crippen LogP contribution in [0.25, 0.3) is 17.2 Å². The molecule has 2 aliphatic rings. The fourth-order valence-electron chi connectivity index (χ4n) is 5.06. The largest absolute Gasteiger partial charge is 0.492 e. The van der Waals surface area contributed by atoms with E-state index in [4.69, 9.17) is 19.8 Å². The van der Waals surface area contributed by atoms with Gasteiger partial charge in [-0.2, -0.15) is 0 Å². The Balaban J connectivity index is 1.32. The van der Waals surface area contributed by atoms with Gasteiger partial charge in [0.05, 0.1) is 16.8 Å². The van der Waals surface area contributed by atoms with Gasteiger partial charge in [0.2, 0.25) is 0 Å². The Morgan fingerprint density at radius 3 is 2.10 bits per heavy atom. The van der Waals surface area contributed by atoms with E-state index < -0.39 is 30.4 Å². The third kappa shape index (κ3) is 5.22. The van der Waals surface area contributed by atoms with Crippen LogP contribution in [-0.2, 0) is 14.0 Å². The summed E-state index contributed by atoms with van der Waals surface area (Å²) in [6.07, 6.45) is 1.19. The number of nitrogens with two attached hydrogens (primary N) is 1. The molecule has 0 atom stereocenters. The van der Waals surface area contributed by atoms with Gasteiger partial charge in [0.25, 0.3) is 0 Å². The molecule has 9 heteroatoms. The minimum absolute atomic E-state index is 0.0520. The molecular formula is C31H33BN2O6. The maximum Gasteiger partial charge on any atom is 0.492 e. The molecule has 0 bridgehead atoms. The highest BCUT2D eigenvalue weighted by molar-refractivity contribution is 6.56. The van der Waals surface area contributed by atoms with E-state index in [1.165, 1.54) is 12.1 Å². The minimum Gasteiger partial charge on any atom is -0.478 e. The highest BCUT2D eigenvalue weighted by Crippen LogP contribution is 2.44. The van der Waals surface area contributed by atoms with Crippen molar-refractivity contribution in [2.45, 2.75) is 44.8 Å². The number of carboxylic acid groups (broad SMARTS) is 1. The Labute approximate surface area is 234 Å². The lowest BCUT2D eigenvalue weighted by atomic mass is 9.76. The van der Waals surface area contributed by atoms with Crippen molar-refractivity contribution in [2.75, 3.05) is 18.9 Å². The van der Waals surface area contributed by atoms with Crippen LogP contribution < -0.4 is 11.1 Å². The Kier molecular flexibility index (Phi) is 7.20. The number of fused-ring (bicyclic) bond motifs is 3. The minimum atomic E-state index is -1.06. The number of nitrogens with one attached hydrogen (secondary N) is 1. The van der Waals surface area contributed by atoms with Gasteiger partial charge in [0, 0.05) is 18.2 Å². The van der Waals surface area contributed by atoms with Crippen molar-refractivity contribution in [2.24, 2.45) is 0 Å². The number of hydrogen-bond donors (Lipinski definition) is 3. The van der Waals surface area contributed by atoms with Crippen LogP contribution in [-0.4, -0.2) is 48.6 Å². The van der Waals surface area contributed by atoms with Crippen LogP contribution in [0, 0.1) is 0 Å². The number of nitrogen functional groups attached to an aromatic ring is 1. The lowest BCUT2D eigenvalue weighted by Crippen LogP contribution is -2.41. The van der Waals surface area contributed by atoms with Crippen LogP contribution in [0.5, 0.6) is 0 Å². The summed E-state index contributed by atoms with van der Waals surface area (Å²) >= 11 is 0. The molecule has 1 amide bonds. The summed E-state index contributed by atoms with van der Waals surface area (Å²) in [5.74, 6) is -1.12. The van der Waals surface area contributed by atoms with Crippen LogP contribution in [0.3, 0.4) is 0 Å². The van der Waals surface area contributed by atoms with Crippen molar-refractivity contribution in [3.05, 3.63) is 94.5 Å². The van der Waals surface area contributed by atoms with Gasteiger partial charge in [-0.15, -0.1) is 0 Å². The highest BCUT2D eigenvalue weighted by Gasteiger charge is 2.52. The zero-order valence-corrected chi connectivity index (χ0v) is 23.1. The molecule has 206 valence electrons. The topological polar surface area (TPSA) is 120 Å². The molecule has 1 saturated heterocycles. The molecule has 0 radical (unpaired) electrons. The van der Waals surface area contributed by atoms with Gasteiger partial charge < -0.3 is 30.2 Å². The molecule has 0 aromatic heterocycles. The van der Waals surface area contributed by atoms with E-state index in [0.29, 0.717) is 11.0 Å². The van der Waals surface area contributed by atoms with Crippen molar-refractivity contribution < 1.29 is 28.7 Å². The van der Waals surface area contributed by atoms with Crippen molar-refractivity contribution in [1.82, 2.24) is 5.32 Å². The molecule has 0 spiro atoms. The summed E-state index contributed by atoms with van der Waals surface area (Å²) in [6, 6.07) is 20.8. The van der Waals surface area contributed by atoms with E-state index in [0.717, 1.165) is 22.3 Å². The standard InChI is InChI=1S/C31H33BN2O6/c1-30(2)31(3,4)40-32(39-30)21(15-19-13-14-20(28(35)36)16-27(19)33)17-34-29(37)38-18-26-24-11-7-5-9-22(24)23-10-6-8-12-25(23)26/h5-16,26H,17-18,33H2,1-4H3,(H,34,37)(H,35,36). The fourth-order valence-corrected chi connectivity index (χ4v) is 5.06. The SMILES string of the molecule is CC1(C)OB(C(=Cc2ccc(C(=O)O)cc2N)CNC(=O)OCC2c3ccccc3-c3ccccc32)OC1(C)C. The average molecular weight is 540 g/mol. The first-order chi connectivity index (χ1) is 19.0. The quantitative estimate of drug-likeness (QED) is 0.267. The molecule has 0 unspecified atom stereocenters. The molecule has 40 heavy (non-hydrogen) atoms. The maximum atomic E-state index is 12.9. The second-order valence-corrected chi connectivity index (χ2v) is 11.1. The molecule has 1 aliphatic heterocycles. The van der Waals surface area contributed by atoms with Gasteiger partial charge in [-0.1, -0.05) is 60.7 Å². The zero-order valence-electron chi connectivity index (χ0n) is 23.1. The fraction of sp³-hybridized carbons (Fsp3) is 0.290. The number of carbonyl (C=O) groups is 2. The third-order valence-electron chi connectivity index (χ3n) is 8.01. The van der Waals surface area contributed by atoms with Crippen molar-refractivity contribution in [3.63, 3.8) is 0 Å². The van der Waals surface area contributed by atoms with Gasteiger partial charge in [-0.25, -0.2) is 9.59 Å². The first kappa shape index (κ1) is 27.5. The van der Waals surface area contributed by atoms with Gasteiger partial charge >= 0.3 is 19.2 Å². The molecule has 3 aromatic rings. The Morgan fingerprint density at radius 2 is 1.55 bits per heavy atom. The molecule has 4 N–H and O–H groups in total. The molecule has 5 rings (SSSR count). The van der Waals surface area contributed by atoms with Crippen LogP contribution in [0.15, 0.2) is 72.2 Å². The van der Waals surface area contributed by atoms with E-state index >= 15 is 0 Å². The number of anilines is 1. The van der Waals surface area contributed by atoms with Crippen molar-refractivity contribution >= 4 is 30.9 Å². The van der Waals surface area contributed by atoms with Crippen LogP contribution >= 0.6 is 0 Å². The molecular weight excluding hydrogens is 507 g/mol. The predicted octanol–water partition coefficient (Wildman–Crippen LogP) is 5.52. The number of alkyl carbamates (subject to hydrolysis) is 1. The van der Waals surface area contributed by atoms with Gasteiger partial charge in [0.15, 0.2) is 0 Å². The molecule has 1 aliphatic carbocycles. The van der Waals surface area contributed by atoms with Gasteiger partial charge in [-0.05, 0) is 73.1 Å². The van der Waals surface area contributed by atoms with Crippen molar-refractivity contribution in [1.29, 1.82) is 0 Å². The Bertz CT molecular complexity index is 1440. The monoisotopic (exact) mass is 540 g/mol. The summed E-state index contributed by atoms with van der Waals surface area (Å²) in [4.78, 5) is 24.2. The second-order valence-electron chi connectivity index (χ2n) is 11.1. The second kappa shape index (κ2) is 10.5. The summed E-state index contributed by atoms with van der Waals surface area (Å²) < 4.78 is 18.2. The molecule has 1 fully saturated rings. The van der Waals surface area contributed by atoms with Crippen LogP contribution in [0.1, 0.15) is 60.7 Å². The van der Waals surface area contributed by atoms with E-state index in [2.05, 4.69) is 29.6 Å². The van der Waals surface area contributed by atoms with Gasteiger partial charge in [0.1, 0.15) is 6.61 Å². The molecule has 3 aromatic carbocycles. The lowest BCUT2D eigenvalue weighted by molar-refractivity contribution is 0.00578. The average Bonchev–Trinajstić information content (AvgIpc) is 3.34. The number of amides is 1. The summed E-state index contributed by atoms with van der Waals surface area (Å²) in [7, 11) is -0.752. The Morgan fingerprint density at radius 1 is 0.975 bits per heavy atom. The third-order valence-corrected chi connectivity index (χ3v) is 8.01. The number of carbonyl (C=O) groups excluding carboxylic acids is 1. The first-order valence-electron chi connectivity index (χ1n) is 13.2. The van der Waals surface area contributed by atoms with E-state index in [-0.39, 0.29) is 30.3 Å². The summed E-state index contributed by atoms with van der Waals surface area (Å²) in [5, 5.41) is 12.1. The van der Waals surface area contributed by atoms with Crippen molar-refractivity contribution in [3.8, 4) is 11.1 Å². The first-order valence-corrected chi connectivity index (χ1v) is 13.2. The van der Waals surface area contributed by atoms with Crippen LogP contribution in [0.2, 0.25) is 0 Å². The number of carboxylic acids is 1. The summed E-state index contributed by atoms with van der Waals surface area (Å²) in [6.45, 7) is 8.05. The zero-order chi connectivity index (χ0) is 28.7. The predicted molar refractivity (Wildman–Crippen MR) is 155 cm³/mol.